The Morgan fingerprint density at radius 2 is 2.19 bits per heavy atom. The summed E-state index contributed by atoms with van der Waals surface area (Å²) in [4.78, 5) is 45.6. The van der Waals surface area contributed by atoms with Gasteiger partial charge in [0.2, 0.25) is 0 Å². The van der Waals surface area contributed by atoms with E-state index < -0.39 is 11.2 Å². The molecule has 0 saturated carbocycles. The number of ether oxygens (including phenoxy) is 1. The monoisotopic (exact) mass is 360 g/mol. The minimum Gasteiger partial charge on any atom is -0.376 e. The lowest BCUT2D eigenvalue weighted by molar-refractivity contribution is -0.00308. The molecule has 8 nitrogen and oxygen atoms in total. The van der Waals surface area contributed by atoms with E-state index in [2.05, 4.69) is 9.97 Å². The van der Waals surface area contributed by atoms with Crippen molar-refractivity contribution in [2.24, 2.45) is 7.05 Å². The summed E-state index contributed by atoms with van der Waals surface area (Å²) < 4.78 is 7.00. The highest BCUT2D eigenvalue weighted by atomic mass is 16.5. The lowest BCUT2D eigenvalue weighted by Gasteiger charge is -2.29. The van der Waals surface area contributed by atoms with Gasteiger partial charge in [-0.1, -0.05) is 0 Å². The molecule has 1 fully saturated rings. The average molecular weight is 360 g/mol. The second-order valence-electron chi connectivity index (χ2n) is 6.66. The number of pyridine rings is 1. The SMILES string of the molecule is CCN(C[C@@H]1CCCCO1)C(=O)c1cc(C)nc2c1c(=O)[nH]c(=O)n2C. The van der Waals surface area contributed by atoms with Crippen LogP contribution < -0.4 is 11.2 Å². The third-order valence-electron chi connectivity index (χ3n) is 4.80. The highest BCUT2D eigenvalue weighted by molar-refractivity contribution is 6.05. The lowest BCUT2D eigenvalue weighted by Crippen LogP contribution is -2.40. The van der Waals surface area contributed by atoms with Crippen LogP contribution in [0.5, 0.6) is 0 Å². The molecule has 1 amide bonds. The number of carbonyl (C=O) groups excluding carboxylic acids is 1. The summed E-state index contributed by atoms with van der Waals surface area (Å²) in [5.74, 6) is -0.249. The summed E-state index contributed by atoms with van der Waals surface area (Å²) in [6.45, 7) is 5.35. The number of H-pyrrole nitrogens is 1. The number of aromatic nitrogens is 3. The molecule has 1 N–H and O–H groups in total. The summed E-state index contributed by atoms with van der Waals surface area (Å²) in [6, 6.07) is 1.61. The van der Waals surface area contributed by atoms with Crippen LogP contribution in [0.15, 0.2) is 15.7 Å². The van der Waals surface area contributed by atoms with Crippen LogP contribution >= 0.6 is 0 Å². The van der Waals surface area contributed by atoms with Crippen LogP contribution in [0.1, 0.15) is 42.2 Å². The molecule has 1 atom stereocenters. The fourth-order valence-corrected chi connectivity index (χ4v) is 3.35. The number of hydrogen-bond donors (Lipinski definition) is 1. The number of rotatable bonds is 4. The number of aryl methyl sites for hydroxylation is 2. The van der Waals surface area contributed by atoms with Gasteiger partial charge in [0, 0.05) is 32.4 Å². The molecule has 0 aliphatic carbocycles. The van der Waals surface area contributed by atoms with Crippen LogP contribution in [-0.2, 0) is 11.8 Å². The predicted molar refractivity (Wildman–Crippen MR) is 97.5 cm³/mol. The second kappa shape index (κ2) is 7.41. The van der Waals surface area contributed by atoms with Gasteiger partial charge in [0.1, 0.15) is 5.65 Å². The quantitative estimate of drug-likeness (QED) is 0.876. The van der Waals surface area contributed by atoms with E-state index in [9.17, 15) is 14.4 Å². The molecule has 140 valence electrons. The van der Waals surface area contributed by atoms with Crippen LogP contribution in [-0.4, -0.2) is 51.1 Å². The number of nitrogens with one attached hydrogen (secondary N) is 1. The van der Waals surface area contributed by atoms with Gasteiger partial charge in [-0.25, -0.2) is 9.78 Å². The van der Waals surface area contributed by atoms with Crippen molar-refractivity contribution >= 4 is 16.9 Å². The number of nitrogens with zero attached hydrogens (tertiary/aromatic N) is 3. The van der Waals surface area contributed by atoms with Gasteiger partial charge in [-0.05, 0) is 39.2 Å². The van der Waals surface area contributed by atoms with E-state index in [1.54, 1.807) is 17.9 Å². The van der Waals surface area contributed by atoms with E-state index in [-0.39, 0.29) is 28.6 Å². The van der Waals surface area contributed by atoms with Crippen molar-refractivity contribution in [2.75, 3.05) is 19.7 Å². The summed E-state index contributed by atoms with van der Waals surface area (Å²) in [5.41, 5.74) is -0.0913. The molecule has 0 radical (unpaired) electrons. The normalized spacial score (nSPS) is 17.4. The highest BCUT2D eigenvalue weighted by Gasteiger charge is 2.25. The van der Waals surface area contributed by atoms with Crippen LogP contribution in [0.25, 0.3) is 11.0 Å². The minimum atomic E-state index is -0.594. The average Bonchev–Trinajstić information content (AvgIpc) is 2.63. The summed E-state index contributed by atoms with van der Waals surface area (Å²) >= 11 is 0. The standard InChI is InChI=1S/C18H24N4O4/c1-4-22(10-12-7-5-6-8-26-12)17(24)13-9-11(2)19-15-14(13)16(23)20-18(25)21(15)3/h9,12H,4-8,10H2,1-3H3,(H,20,23,25)/t12-/m0/s1. The Hall–Kier alpha value is -2.48. The zero-order chi connectivity index (χ0) is 18.8. The molecule has 0 bridgehead atoms. The van der Waals surface area contributed by atoms with Gasteiger partial charge in [-0.3, -0.25) is 19.1 Å². The van der Waals surface area contributed by atoms with Crippen molar-refractivity contribution in [3.8, 4) is 0 Å². The molecule has 2 aromatic heterocycles. The van der Waals surface area contributed by atoms with Crippen LogP contribution in [0.4, 0.5) is 0 Å². The Labute approximate surface area is 150 Å². The minimum absolute atomic E-state index is 0.0180. The second-order valence-corrected chi connectivity index (χ2v) is 6.66. The maximum Gasteiger partial charge on any atom is 0.329 e. The Morgan fingerprint density at radius 1 is 1.42 bits per heavy atom. The molecule has 8 heteroatoms. The number of aromatic amines is 1. The van der Waals surface area contributed by atoms with Crippen molar-refractivity contribution in [2.45, 2.75) is 39.2 Å². The van der Waals surface area contributed by atoms with Crippen molar-refractivity contribution in [3.63, 3.8) is 0 Å². The van der Waals surface area contributed by atoms with Crippen molar-refractivity contribution in [1.29, 1.82) is 0 Å². The Morgan fingerprint density at radius 3 is 2.85 bits per heavy atom. The molecular weight excluding hydrogens is 336 g/mol. The predicted octanol–water partition coefficient (Wildman–Crippen LogP) is 0.961. The van der Waals surface area contributed by atoms with Gasteiger partial charge in [-0.2, -0.15) is 0 Å². The topological polar surface area (TPSA) is 97.3 Å². The zero-order valence-corrected chi connectivity index (χ0v) is 15.4. The van der Waals surface area contributed by atoms with E-state index in [0.29, 0.717) is 18.8 Å². The number of carbonyl (C=O) groups is 1. The highest BCUT2D eigenvalue weighted by Crippen LogP contribution is 2.18. The molecule has 3 heterocycles. The third kappa shape index (κ3) is 3.41. The summed E-state index contributed by atoms with van der Waals surface area (Å²) in [6.07, 6.45) is 3.09. The van der Waals surface area contributed by atoms with Crippen molar-refractivity contribution < 1.29 is 9.53 Å². The molecule has 1 aliphatic heterocycles. The maximum absolute atomic E-state index is 13.2. The van der Waals surface area contributed by atoms with Gasteiger partial charge in [0.05, 0.1) is 17.1 Å². The number of likely N-dealkylation sites (N-methyl/N-ethyl adjacent to an activating group) is 1. The Balaban J connectivity index is 2.05. The van der Waals surface area contributed by atoms with Crippen molar-refractivity contribution in [1.82, 2.24) is 19.4 Å². The van der Waals surface area contributed by atoms with Crippen molar-refractivity contribution in [3.05, 3.63) is 38.2 Å². The van der Waals surface area contributed by atoms with Crippen LogP contribution in [0.2, 0.25) is 0 Å². The molecular formula is C18H24N4O4. The summed E-state index contributed by atoms with van der Waals surface area (Å²) in [5, 5.41) is 0.144. The first-order valence-electron chi connectivity index (χ1n) is 8.94. The van der Waals surface area contributed by atoms with E-state index >= 15 is 0 Å². The molecule has 2 aromatic rings. The first-order chi connectivity index (χ1) is 12.4. The van der Waals surface area contributed by atoms with Gasteiger partial charge >= 0.3 is 5.69 Å². The Bertz CT molecular complexity index is 941. The smallest absolute Gasteiger partial charge is 0.329 e. The zero-order valence-electron chi connectivity index (χ0n) is 15.4. The van der Waals surface area contributed by atoms with E-state index in [1.807, 2.05) is 6.92 Å². The van der Waals surface area contributed by atoms with Crippen LogP contribution in [0, 0.1) is 6.92 Å². The molecule has 3 rings (SSSR count). The molecule has 26 heavy (non-hydrogen) atoms. The fraction of sp³-hybridized carbons (Fsp3) is 0.556. The van der Waals surface area contributed by atoms with Gasteiger partial charge in [-0.15, -0.1) is 0 Å². The maximum atomic E-state index is 13.2. The largest absolute Gasteiger partial charge is 0.376 e. The summed E-state index contributed by atoms with van der Waals surface area (Å²) in [7, 11) is 1.52. The van der Waals surface area contributed by atoms with Crippen LogP contribution in [0.3, 0.4) is 0 Å². The third-order valence-corrected chi connectivity index (χ3v) is 4.80. The van der Waals surface area contributed by atoms with Gasteiger partial charge < -0.3 is 9.64 Å². The van der Waals surface area contributed by atoms with E-state index in [1.165, 1.54) is 11.6 Å². The number of hydrogen-bond acceptors (Lipinski definition) is 5. The molecule has 0 aromatic carbocycles. The first kappa shape index (κ1) is 18.3. The first-order valence-corrected chi connectivity index (χ1v) is 8.94. The molecule has 0 unspecified atom stereocenters. The van der Waals surface area contributed by atoms with E-state index in [0.717, 1.165) is 25.9 Å². The van der Waals surface area contributed by atoms with Gasteiger partial charge in [0.15, 0.2) is 0 Å². The molecule has 1 aliphatic rings. The molecule has 1 saturated heterocycles. The van der Waals surface area contributed by atoms with E-state index in [4.69, 9.17) is 4.74 Å². The molecule has 0 spiro atoms. The number of amides is 1. The fourth-order valence-electron chi connectivity index (χ4n) is 3.35. The Kier molecular flexibility index (Phi) is 5.22. The van der Waals surface area contributed by atoms with Gasteiger partial charge in [0.25, 0.3) is 11.5 Å². The number of fused-ring (bicyclic) bond motifs is 1. The lowest BCUT2D eigenvalue weighted by atomic mass is 10.1.